The third-order valence-electron chi connectivity index (χ3n) is 5.27. The number of carbonyl (C=O) groups is 1. The summed E-state index contributed by atoms with van der Waals surface area (Å²) in [7, 11) is 0. The van der Waals surface area contributed by atoms with E-state index in [0.717, 1.165) is 33.2 Å². The normalized spacial score (nSPS) is 11.1. The van der Waals surface area contributed by atoms with E-state index in [0.29, 0.717) is 26.5 Å². The lowest BCUT2D eigenvalue weighted by Gasteiger charge is -2.09. The molecule has 1 amide bonds. The number of nitrogens with zero attached hydrogens (tertiary/aromatic N) is 1. The lowest BCUT2D eigenvalue weighted by molar-refractivity contribution is 0.0982. The standard InChI is InChI=1S/C25H17Cl2N3O2S2/c1-2-13-3-10-19-18(11-13)29-24(32-19)14-4-7-16(8-5-14)28-25(33)30-23(31)22-21(27)17-9-6-15(26)12-20(17)34-22/h3-12H,2H2,1H3,(H2,28,30,31,33). The van der Waals surface area contributed by atoms with E-state index in [-0.39, 0.29) is 11.0 Å². The second-order valence-electron chi connectivity index (χ2n) is 7.55. The Morgan fingerprint density at radius 2 is 1.88 bits per heavy atom. The second-order valence-corrected chi connectivity index (χ2v) is 9.82. The molecule has 9 heteroatoms. The van der Waals surface area contributed by atoms with Gasteiger partial charge in [-0.05, 0) is 72.7 Å². The van der Waals surface area contributed by atoms with Crippen molar-refractivity contribution in [2.24, 2.45) is 0 Å². The van der Waals surface area contributed by atoms with Crippen LogP contribution in [-0.2, 0) is 6.42 Å². The highest BCUT2D eigenvalue weighted by molar-refractivity contribution is 7.80. The predicted molar refractivity (Wildman–Crippen MR) is 144 cm³/mol. The Balaban J connectivity index is 1.27. The number of aromatic nitrogens is 1. The number of carbonyl (C=O) groups excluding carboxylic acids is 1. The van der Waals surface area contributed by atoms with Crippen molar-refractivity contribution in [3.63, 3.8) is 0 Å². The van der Waals surface area contributed by atoms with Gasteiger partial charge in [0.25, 0.3) is 5.91 Å². The van der Waals surface area contributed by atoms with Gasteiger partial charge in [0.05, 0.1) is 5.02 Å². The molecule has 0 bridgehead atoms. The smallest absolute Gasteiger partial charge is 0.269 e. The van der Waals surface area contributed by atoms with E-state index in [4.69, 9.17) is 39.8 Å². The third kappa shape index (κ3) is 4.52. The first-order chi connectivity index (χ1) is 16.4. The van der Waals surface area contributed by atoms with Gasteiger partial charge in [-0.25, -0.2) is 4.98 Å². The van der Waals surface area contributed by atoms with Crippen LogP contribution >= 0.6 is 46.8 Å². The number of thiocarbonyl (C=S) groups is 1. The summed E-state index contributed by atoms with van der Waals surface area (Å²) in [5.41, 5.74) is 4.35. The molecule has 170 valence electrons. The van der Waals surface area contributed by atoms with Crippen molar-refractivity contribution >= 4 is 84.6 Å². The van der Waals surface area contributed by atoms with Gasteiger partial charge in [-0.2, -0.15) is 0 Å². The summed E-state index contributed by atoms with van der Waals surface area (Å²) in [6.45, 7) is 2.11. The minimum Gasteiger partial charge on any atom is -0.436 e. The van der Waals surface area contributed by atoms with E-state index >= 15 is 0 Å². The van der Waals surface area contributed by atoms with Crippen molar-refractivity contribution in [2.45, 2.75) is 13.3 Å². The quantitative estimate of drug-likeness (QED) is 0.235. The maximum absolute atomic E-state index is 12.7. The zero-order valence-corrected chi connectivity index (χ0v) is 21.0. The molecular formula is C25H17Cl2N3O2S2. The van der Waals surface area contributed by atoms with Crippen LogP contribution in [0, 0.1) is 0 Å². The summed E-state index contributed by atoms with van der Waals surface area (Å²) in [4.78, 5) is 17.7. The van der Waals surface area contributed by atoms with Crippen LogP contribution in [0.5, 0.6) is 0 Å². The highest BCUT2D eigenvalue weighted by atomic mass is 35.5. The van der Waals surface area contributed by atoms with Gasteiger partial charge < -0.3 is 9.73 Å². The van der Waals surface area contributed by atoms with Crippen molar-refractivity contribution in [2.75, 3.05) is 5.32 Å². The molecule has 0 fully saturated rings. The van der Waals surface area contributed by atoms with Crippen LogP contribution in [0.4, 0.5) is 5.69 Å². The van der Waals surface area contributed by atoms with Gasteiger partial charge in [-0.15, -0.1) is 11.3 Å². The molecule has 2 heterocycles. The molecule has 0 aliphatic carbocycles. The topological polar surface area (TPSA) is 67.2 Å². The fourth-order valence-corrected chi connectivity index (χ4v) is 5.42. The number of hydrogen-bond acceptors (Lipinski definition) is 5. The maximum Gasteiger partial charge on any atom is 0.269 e. The minimum atomic E-state index is -0.380. The number of fused-ring (bicyclic) bond motifs is 2. The molecule has 2 N–H and O–H groups in total. The molecule has 0 unspecified atom stereocenters. The van der Waals surface area contributed by atoms with Gasteiger partial charge in [-0.3, -0.25) is 10.1 Å². The molecule has 3 aromatic carbocycles. The summed E-state index contributed by atoms with van der Waals surface area (Å²) >= 11 is 19.0. The van der Waals surface area contributed by atoms with Crippen molar-refractivity contribution in [3.8, 4) is 11.5 Å². The van der Waals surface area contributed by atoms with Crippen molar-refractivity contribution < 1.29 is 9.21 Å². The summed E-state index contributed by atoms with van der Waals surface area (Å²) in [6.07, 6.45) is 0.943. The number of anilines is 1. The zero-order valence-electron chi connectivity index (χ0n) is 17.8. The predicted octanol–water partition coefficient (Wildman–Crippen LogP) is 7.71. The Morgan fingerprint density at radius 3 is 2.65 bits per heavy atom. The molecule has 0 radical (unpaired) electrons. The largest absolute Gasteiger partial charge is 0.436 e. The van der Waals surface area contributed by atoms with Gasteiger partial charge in [-0.1, -0.05) is 42.3 Å². The number of thiophene rings is 1. The van der Waals surface area contributed by atoms with Crippen molar-refractivity contribution in [3.05, 3.63) is 81.1 Å². The van der Waals surface area contributed by atoms with Gasteiger partial charge in [0.15, 0.2) is 10.7 Å². The fraction of sp³-hybridized carbons (Fsp3) is 0.0800. The molecule has 2 aromatic heterocycles. The average molecular weight is 526 g/mol. The summed E-state index contributed by atoms with van der Waals surface area (Å²) < 4.78 is 6.72. The van der Waals surface area contributed by atoms with E-state index in [9.17, 15) is 4.79 Å². The number of benzene rings is 3. The van der Waals surface area contributed by atoms with Crippen LogP contribution in [0.3, 0.4) is 0 Å². The van der Waals surface area contributed by atoms with E-state index in [2.05, 4.69) is 22.5 Å². The molecule has 0 spiro atoms. The van der Waals surface area contributed by atoms with Crippen molar-refractivity contribution in [1.82, 2.24) is 10.3 Å². The minimum absolute atomic E-state index is 0.165. The Labute approximate surface area is 214 Å². The second kappa shape index (κ2) is 9.35. The number of oxazole rings is 1. The van der Waals surface area contributed by atoms with Crippen molar-refractivity contribution in [1.29, 1.82) is 0 Å². The Hall–Kier alpha value is -2.97. The molecule has 5 aromatic rings. The molecule has 5 rings (SSSR count). The van der Waals surface area contributed by atoms with Crippen LogP contribution in [0.15, 0.2) is 65.1 Å². The zero-order chi connectivity index (χ0) is 23.8. The summed E-state index contributed by atoms with van der Waals surface area (Å²) in [5, 5.41) is 7.60. The maximum atomic E-state index is 12.7. The highest BCUT2D eigenvalue weighted by Gasteiger charge is 2.18. The number of amides is 1. The van der Waals surface area contributed by atoms with Gasteiger partial charge in [0, 0.05) is 26.4 Å². The number of nitrogens with one attached hydrogen (secondary N) is 2. The molecule has 0 saturated carbocycles. The van der Waals surface area contributed by atoms with Gasteiger partial charge in [0.2, 0.25) is 5.89 Å². The van der Waals surface area contributed by atoms with Crippen LogP contribution in [-0.4, -0.2) is 16.0 Å². The molecule has 0 aliphatic heterocycles. The molecule has 5 nitrogen and oxygen atoms in total. The van der Waals surface area contributed by atoms with Gasteiger partial charge >= 0.3 is 0 Å². The Morgan fingerprint density at radius 1 is 1.09 bits per heavy atom. The van der Waals surface area contributed by atoms with Crippen LogP contribution in [0.1, 0.15) is 22.2 Å². The SMILES string of the molecule is CCc1ccc2oc(-c3ccc(NC(=S)NC(=O)c4sc5cc(Cl)ccc5c4Cl)cc3)nc2c1. The van der Waals surface area contributed by atoms with E-state index < -0.39 is 0 Å². The summed E-state index contributed by atoms with van der Waals surface area (Å²) in [6, 6.07) is 18.8. The summed E-state index contributed by atoms with van der Waals surface area (Å²) in [5.74, 6) is 0.166. The molecule has 0 atom stereocenters. The van der Waals surface area contributed by atoms with Crippen LogP contribution in [0.2, 0.25) is 10.0 Å². The number of rotatable bonds is 4. The van der Waals surface area contributed by atoms with Gasteiger partial charge in [0.1, 0.15) is 10.4 Å². The fourth-order valence-electron chi connectivity index (χ4n) is 3.52. The number of hydrogen-bond donors (Lipinski definition) is 2. The monoisotopic (exact) mass is 525 g/mol. The first kappa shape index (κ1) is 22.8. The Bertz CT molecular complexity index is 1560. The van der Waals surface area contributed by atoms with E-state index in [1.54, 1.807) is 18.2 Å². The van der Waals surface area contributed by atoms with E-state index in [1.165, 1.54) is 16.9 Å². The average Bonchev–Trinajstić information content (AvgIpc) is 3.39. The first-order valence-electron chi connectivity index (χ1n) is 10.4. The Kier molecular flexibility index (Phi) is 6.27. The molecule has 0 saturated heterocycles. The molecular weight excluding hydrogens is 509 g/mol. The number of aryl methyl sites for hydroxylation is 1. The van der Waals surface area contributed by atoms with Crippen LogP contribution < -0.4 is 10.6 Å². The molecule has 0 aliphatic rings. The van der Waals surface area contributed by atoms with E-state index in [1.807, 2.05) is 42.5 Å². The lowest BCUT2D eigenvalue weighted by Crippen LogP contribution is -2.33. The lowest BCUT2D eigenvalue weighted by atomic mass is 10.1. The molecule has 34 heavy (non-hydrogen) atoms. The number of halogens is 2. The first-order valence-corrected chi connectivity index (χ1v) is 12.4. The third-order valence-corrected chi connectivity index (χ3v) is 7.37. The highest BCUT2D eigenvalue weighted by Crippen LogP contribution is 2.36. The van der Waals surface area contributed by atoms with Crippen LogP contribution in [0.25, 0.3) is 32.6 Å².